The normalized spacial score (nSPS) is 13.3. The Hall–Kier alpha value is -3.99. The van der Waals surface area contributed by atoms with Crippen molar-refractivity contribution in [3.8, 4) is 5.75 Å². The monoisotopic (exact) mass is 470 g/mol. The van der Waals surface area contributed by atoms with Crippen molar-refractivity contribution in [2.45, 2.75) is 31.8 Å². The summed E-state index contributed by atoms with van der Waals surface area (Å²) >= 11 is 0. The van der Waals surface area contributed by atoms with Crippen LogP contribution in [0.2, 0.25) is 0 Å². The zero-order chi connectivity index (χ0) is 24.8. The van der Waals surface area contributed by atoms with E-state index >= 15 is 0 Å². The Morgan fingerprint density at radius 2 is 1.85 bits per heavy atom. The Morgan fingerprint density at radius 3 is 2.47 bits per heavy atom. The molecule has 1 atom stereocenters. The second-order valence-electron chi connectivity index (χ2n) is 7.85. The molecule has 3 rings (SSSR count). The Balaban J connectivity index is 2.00. The molecule has 0 spiro atoms. The van der Waals surface area contributed by atoms with E-state index in [0.29, 0.717) is 31.4 Å². The Morgan fingerprint density at radius 1 is 1.15 bits per heavy atom. The van der Waals surface area contributed by atoms with Gasteiger partial charge in [-0.3, -0.25) is 14.4 Å². The predicted molar refractivity (Wildman–Crippen MR) is 124 cm³/mol. The molecule has 3 amide bonds. The number of hydrogen-bond acceptors (Lipinski definition) is 7. The number of nitrogens with one attached hydrogen (secondary N) is 1. The van der Waals surface area contributed by atoms with Crippen LogP contribution in [0.4, 0.5) is 10.1 Å². The lowest BCUT2D eigenvalue weighted by Gasteiger charge is -2.35. The zero-order valence-corrected chi connectivity index (χ0v) is 18.5. The molecule has 0 bridgehead atoms. The number of nitrogens with zero attached hydrogens (tertiary/aromatic N) is 2. The summed E-state index contributed by atoms with van der Waals surface area (Å²) in [6, 6.07) is 4.67. The topological polar surface area (TPSA) is 178 Å². The van der Waals surface area contributed by atoms with Crippen molar-refractivity contribution in [2.75, 3.05) is 18.0 Å². The van der Waals surface area contributed by atoms with Crippen LogP contribution in [0.25, 0.3) is 6.08 Å². The van der Waals surface area contributed by atoms with Crippen molar-refractivity contribution in [3.05, 3.63) is 58.7 Å². The fraction of sp³-hybridized carbons (Fsp3) is 0.304. The maximum atomic E-state index is 13.1. The molecule has 1 aliphatic heterocycles. The van der Waals surface area contributed by atoms with Crippen LogP contribution in [0.5, 0.6) is 5.75 Å². The van der Waals surface area contributed by atoms with Crippen LogP contribution in [0, 0.1) is 5.82 Å². The van der Waals surface area contributed by atoms with E-state index < -0.39 is 41.0 Å². The van der Waals surface area contributed by atoms with Gasteiger partial charge in [-0.05, 0) is 43.5 Å². The first-order chi connectivity index (χ1) is 16.2. The van der Waals surface area contributed by atoms with Crippen LogP contribution in [0.1, 0.15) is 51.4 Å². The van der Waals surface area contributed by atoms with E-state index in [1.165, 1.54) is 29.2 Å². The van der Waals surface area contributed by atoms with E-state index in [2.05, 4.69) is 10.3 Å². The van der Waals surface area contributed by atoms with Crippen LogP contribution >= 0.6 is 0 Å². The molecule has 1 aromatic heterocycles. The number of primary amides is 2. The minimum atomic E-state index is -0.908. The summed E-state index contributed by atoms with van der Waals surface area (Å²) in [5.74, 6) is -3.24. The van der Waals surface area contributed by atoms with Crippen LogP contribution in [-0.4, -0.2) is 46.9 Å². The lowest BCUT2D eigenvalue weighted by molar-refractivity contribution is -0.119. The number of unbranched alkanes of at least 4 members (excludes halogenated alkanes) is 1. The smallest absolute Gasteiger partial charge is 0.274 e. The number of nitrogens with two attached hydrogens (primary N) is 3. The SMILES string of the molecule is NCCCCC(C(N)=O)N1CC=Cc2c(C(N)=O)nc(C(=O)NCc3ccc(F)cc3)c(O)c21. The maximum absolute atomic E-state index is 13.1. The van der Waals surface area contributed by atoms with Gasteiger partial charge in [0.2, 0.25) is 5.91 Å². The standard InChI is InChI=1S/C23H27FN6O4/c24-14-8-6-13(7-9-14)12-28-23(34)18-20(31)19-15(17(29-18)22(27)33)4-3-11-30(19)16(21(26)32)5-1-2-10-25/h3-4,6-9,16,31H,1-2,5,10-12,25H2,(H2,26,32)(H2,27,33)(H,28,34). The number of aromatic nitrogens is 1. The second kappa shape index (κ2) is 10.8. The molecule has 2 aromatic rings. The average molecular weight is 471 g/mol. The van der Waals surface area contributed by atoms with Crippen molar-refractivity contribution in [1.29, 1.82) is 0 Å². The van der Waals surface area contributed by atoms with Crippen molar-refractivity contribution in [3.63, 3.8) is 0 Å². The molecule has 1 aliphatic rings. The third kappa shape index (κ3) is 5.31. The number of amides is 3. The number of halogens is 1. The number of hydrogen-bond donors (Lipinski definition) is 5. The summed E-state index contributed by atoms with van der Waals surface area (Å²) in [4.78, 5) is 42.9. The van der Waals surface area contributed by atoms with Crippen LogP contribution in [-0.2, 0) is 11.3 Å². The van der Waals surface area contributed by atoms with E-state index in [-0.39, 0.29) is 30.0 Å². The molecule has 10 nitrogen and oxygen atoms in total. The number of carbonyl (C=O) groups excluding carboxylic acids is 3. The highest BCUT2D eigenvalue weighted by molar-refractivity contribution is 6.04. The molecule has 8 N–H and O–H groups in total. The molecule has 180 valence electrons. The molecule has 11 heteroatoms. The minimum absolute atomic E-state index is 0.0237. The van der Waals surface area contributed by atoms with E-state index in [0.717, 1.165) is 0 Å². The summed E-state index contributed by atoms with van der Waals surface area (Å²) < 4.78 is 13.1. The van der Waals surface area contributed by atoms with Gasteiger partial charge in [-0.2, -0.15) is 0 Å². The van der Waals surface area contributed by atoms with E-state index in [4.69, 9.17) is 17.2 Å². The first-order valence-corrected chi connectivity index (χ1v) is 10.8. The van der Waals surface area contributed by atoms with Crippen molar-refractivity contribution in [1.82, 2.24) is 10.3 Å². The lowest BCUT2D eigenvalue weighted by atomic mass is 9.98. The molecule has 0 fully saturated rings. The summed E-state index contributed by atoms with van der Waals surface area (Å²) in [6.07, 6.45) is 4.88. The summed E-state index contributed by atoms with van der Waals surface area (Å²) in [7, 11) is 0. The van der Waals surface area contributed by atoms with Crippen molar-refractivity contribution in [2.24, 2.45) is 17.2 Å². The second-order valence-corrected chi connectivity index (χ2v) is 7.85. The quantitative estimate of drug-likeness (QED) is 0.318. The first kappa shape index (κ1) is 24.6. The molecule has 1 unspecified atom stereocenters. The summed E-state index contributed by atoms with van der Waals surface area (Å²) in [6.45, 7) is 0.673. The number of benzene rings is 1. The molecule has 1 aromatic carbocycles. The van der Waals surface area contributed by atoms with E-state index in [1.54, 1.807) is 12.2 Å². The Bertz CT molecular complexity index is 1120. The highest BCUT2D eigenvalue weighted by Crippen LogP contribution is 2.40. The van der Waals surface area contributed by atoms with Gasteiger partial charge in [-0.15, -0.1) is 0 Å². The number of carbonyl (C=O) groups is 3. The first-order valence-electron chi connectivity index (χ1n) is 10.8. The lowest BCUT2D eigenvalue weighted by Crippen LogP contribution is -2.46. The third-order valence-corrected chi connectivity index (χ3v) is 5.51. The van der Waals surface area contributed by atoms with Gasteiger partial charge in [-0.25, -0.2) is 9.37 Å². The van der Waals surface area contributed by atoms with Crippen LogP contribution in [0.3, 0.4) is 0 Å². The summed E-state index contributed by atoms with van der Waals surface area (Å²) in [5, 5.41) is 13.6. The largest absolute Gasteiger partial charge is 0.504 e. The number of pyridine rings is 1. The predicted octanol–water partition coefficient (Wildman–Crippen LogP) is 0.771. The van der Waals surface area contributed by atoms with Gasteiger partial charge in [0, 0.05) is 18.7 Å². The number of aromatic hydroxyl groups is 1. The van der Waals surface area contributed by atoms with Gasteiger partial charge in [0.25, 0.3) is 11.8 Å². The fourth-order valence-electron chi connectivity index (χ4n) is 3.83. The molecule has 34 heavy (non-hydrogen) atoms. The Labute approximate surface area is 195 Å². The Kier molecular flexibility index (Phi) is 7.79. The van der Waals surface area contributed by atoms with Gasteiger partial charge in [0.05, 0.1) is 5.69 Å². The van der Waals surface area contributed by atoms with E-state index in [9.17, 15) is 23.9 Å². The minimum Gasteiger partial charge on any atom is -0.504 e. The molecule has 2 heterocycles. The van der Waals surface area contributed by atoms with Crippen molar-refractivity contribution < 1.29 is 23.9 Å². The van der Waals surface area contributed by atoms with Gasteiger partial charge < -0.3 is 32.5 Å². The van der Waals surface area contributed by atoms with Gasteiger partial charge in [0.1, 0.15) is 17.6 Å². The molecule has 0 aliphatic carbocycles. The molecule has 0 radical (unpaired) electrons. The molecule has 0 saturated carbocycles. The highest BCUT2D eigenvalue weighted by atomic mass is 19.1. The number of fused-ring (bicyclic) bond motifs is 1. The van der Waals surface area contributed by atoms with Crippen LogP contribution in [0.15, 0.2) is 30.3 Å². The highest BCUT2D eigenvalue weighted by Gasteiger charge is 2.34. The number of rotatable bonds is 10. The molecule has 0 saturated heterocycles. The zero-order valence-electron chi connectivity index (χ0n) is 18.5. The third-order valence-electron chi connectivity index (χ3n) is 5.51. The van der Waals surface area contributed by atoms with Gasteiger partial charge >= 0.3 is 0 Å². The van der Waals surface area contributed by atoms with Gasteiger partial charge in [0.15, 0.2) is 11.4 Å². The number of anilines is 1. The molecular formula is C23H27FN6O4. The average Bonchev–Trinajstić information content (AvgIpc) is 2.81. The van der Waals surface area contributed by atoms with Crippen LogP contribution < -0.4 is 27.4 Å². The van der Waals surface area contributed by atoms with Gasteiger partial charge in [-0.1, -0.05) is 24.3 Å². The molecular weight excluding hydrogens is 443 g/mol. The maximum Gasteiger partial charge on any atom is 0.274 e. The van der Waals surface area contributed by atoms with E-state index in [1.807, 2.05) is 0 Å². The summed E-state index contributed by atoms with van der Waals surface area (Å²) in [5.41, 5.74) is 16.9. The fourth-order valence-corrected chi connectivity index (χ4v) is 3.83. The van der Waals surface area contributed by atoms with Crippen molar-refractivity contribution >= 4 is 29.5 Å².